The SMILES string of the molecule is CC(C)NC(=O)c1cc2cc(OC3CCN(C(C)C)CC3)ccc2[nH]1. The summed E-state index contributed by atoms with van der Waals surface area (Å²) in [6.07, 6.45) is 2.40. The Morgan fingerprint density at radius 3 is 2.56 bits per heavy atom. The maximum absolute atomic E-state index is 12.1. The topological polar surface area (TPSA) is 57.4 Å². The molecule has 1 saturated heterocycles. The van der Waals surface area contributed by atoms with E-state index < -0.39 is 0 Å². The summed E-state index contributed by atoms with van der Waals surface area (Å²) in [6, 6.07) is 8.61. The van der Waals surface area contributed by atoms with Crippen LogP contribution < -0.4 is 10.1 Å². The van der Waals surface area contributed by atoms with E-state index in [9.17, 15) is 4.79 Å². The summed E-state index contributed by atoms with van der Waals surface area (Å²) in [5.41, 5.74) is 1.54. The Bertz CT molecular complexity index is 728. The fourth-order valence-electron chi connectivity index (χ4n) is 3.35. The van der Waals surface area contributed by atoms with Crippen LogP contribution in [0.1, 0.15) is 51.0 Å². The zero-order chi connectivity index (χ0) is 18.0. The van der Waals surface area contributed by atoms with Gasteiger partial charge in [-0.15, -0.1) is 0 Å². The van der Waals surface area contributed by atoms with Gasteiger partial charge in [0, 0.05) is 36.1 Å². The third kappa shape index (κ3) is 4.34. The molecule has 5 heteroatoms. The van der Waals surface area contributed by atoms with Gasteiger partial charge in [0.1, 0.15) is 17.5 Å². The number of H-pyrrole nitrogens is 1. The fourth-order valence-corrected chi connectivity index (χ4v) is 3.35. The van der Waals surface area contributed by atoms with Crippen molar-refractivity contribution in [3.8, 4) is 5.75 Å². The molecule has 0 aliphatic carbocycles. The number of nitrogens with one attached hydrogen (secondary N) is 2. The Hall–Kier alpha value is -2.01. The number of piperidine rings is 1. The molecule has 5 nitrogen and oxygen atoms in total. The van der Waals surface area contributed by atoms with Gasteiger partial charge in [-0.2, -0.15) is 0 Å². The van der Waals surface area contributed by atoms with Crippen molar-refractivity contribution in [2.24, 2.45) is 0 Å². The van der Waals surface area contributed by atoms with E-state index in [1.807, 2.05) is 38.1 Å². The van der Waals surface area contributed by atoms with Crippen LogP contribution in [-0.2, 0) is 0 Å². The number of rotatable bonds is 5. The fraction of sp³-hybridized carbons (Fsp3) is 0.550. The number of carbonyl (C=O) groups excluding carboxylic acids is 1. The van der Waals surface area contributed by atoms with Gasteiger partial charge in [0.15, 0.2) is 0 Å². The van der Waals surface area contributed by atoms with Crippen LogP contribution in [0.25, 0.3) is 10.9 Å². The minimum Gasteiger partial charge on any atom is -0.490 e. The molecule has 0 spiro atoms. The minimum absolute atomic E-state index is 0.0743. The van der Waals surface area contributed by atoms with E-state index in [4.69, 9.17) is 4.74 Å². The number of fused-ring (bicyclic) bond motifs is 1. The number of benzene rings is 1. The standard InChI is InChI=1S/C20H29N3O2/c1-13(2)21-20(24)19-12-15-11-17(5-6-18(15)22-19)25-16-7-9-23(10-8-16)14(3)4/h5-6,11-14,16,22H,7-10H2,1-4H3,(H,21,24). The van der Waals surface area contributed by atoms with Crippen LogP contribution in [0.4, 0.5) is 0 Å². The Balaban J connectivity index is 1.66. The Labute approximate surface area is 149 Å². The summed E-state index contributed by atoms with van der Waals surface area (Å²) in [5.74, 6) is 0.806. The third-order valence-corrected chi connectivity index (χ3v) is 4.77. The van der Waals surface area contributed by atoms with Crippen molar-refractivity contribution in [3.63, 3.8) is 0 Å². The van der Waals surface area contributed by atoms with E-state index in [1.165, 1.54) is 0 Å². The second kappa shape index (κ2) is 7.48. The zero-order valence-corrected chi connectivity index (χ0v) is 15.6. The number of amides is 1. The van der Waals surface area contributed by atoms with Gasteiger partial charge in [-0.05, 0) is 64.8 Å². The van der Waals surface area contributed by atoms with E-state index >= 15 is 0 Å². The summed E-state index contributed by atoms with van der Waals surface area (Å²) in [4.78, 5) is 17.8. The molecule has 0 saturated carbocycles. The molecular formula is C20H29N3O2. The first-order valence-corrected chi connectivity index (χ1v) is 9.26. The molecule has 1 aliphatic rings. The molecule has 2 aromatic rings. The van der Waals surface area contributed by atoms with E-state index in [2.05, 4.69) is 29.0 Å². The molecule has 25 heavy (non-hydrogen) atoms. The number of ether oxygens (including phenoxy) is 1. The molecule has 0 bridgehead atoms. The van der Waals surface area contributed by atoms with Crippen molar-refractivity contribution >= 4 is 16.8 Å². The van der Waals surface area contributed by atoms with Crippen LogP contribution in [0, 0.1) is 0 Å². The molecule has 0 unspecified atom stereocenters. The van der Waals surface area contributed by atoms with Gasteiger partial charge >= 0.3 is 0 Å². The predicted octanol–water partition coefficient (Wildman–Crippen LogP) is 3.56. The van der Waals surface area contributed by atoms with E-state index in [0.717, 1.165) is 42.6 Å². The van der Waals surface area contributed by atoms with Crippen LogP contribution in [0.2, 0.25) is 0 Å². The predicted molar refractivity (Wildman–Crippen MR) is 101 cm³/mol. The molecule has 3 rings (SSSR count). The normalized spacial score (nSPS) is 16.7. The zero-order valence-electron chi connectivity index (χ0n) is 15.6. The maximum Gasteiger partial charge on any atom is 0.267 e. The minimum atomic E-state index is -0.0743. The molecule has 1 amide bonds. The van der Waals surface area contributed by atoms with Crippen LogP contribution in [0.15, 0.2) is 24.3 Å². The number of likely N-dealkylation sites (tertiary alicyclic amines) is 1. The highest BCUT2D eigenvalue weighted by Gasteiger charge is 2.22. The molecule has 0 radical (unpaired) electrons. The number of carbonyl (C=O) groups is 1. The van der Waals surface area contributed by atoms with E-state index in [0.29, 0.717) is 11.7 Å². The highest BCUT2D eigenvalue weighted by molar-refractivity contribution is 5.98. The largest absolute Gasteiger partial charge is 0.490 e. The van der Waals surface area contributed by atoms with E-state index in [1.54, 1.807) is 0 Å². The first-order valence-electron chi connectivity index (χ1n) is 9.26. The van der Waals surface area contributed by atoms with Gasteiger partial charge < -0.3 is 19.9 Å². The summed E-state index contributed by atoms with van der Waals surface area (Å²) in [5, 5.41) is 3.91. The van der Waals surface area contributed by atoms with Gasteiger partial charge in [0.25, 0.3) is 5.91 Å². The van der Waals surface area contributed by atoms with Gasteiger partial charge in [-0.25, -0.2) is 0 Å². The summed E-state index contributed by atoms with van der Waals surface area (Å²) in [7, 11) is 0. The van der Waals surface area contributed by atoms with Crippen molar-refractivity contribution in [2.75, 3.05) is 13.1 Å². The summed E-state index contributed by atoms with van der Waals surface area (Å²) in [6.45, 7) is 10.6. The number of aromatic amines is 1. The Morgan fingerprint density at radius 1 is 1.20 bits per heavy atom. The highest BCUT2D eigenvalue weighted by atomic mass is 16.5. The van der Waals surface area contributed by atoms with Crippen LogP contribution in [0.3, 0.4) is 0 Å². The van der Waals surface area contributed by atoms with Crippen molar-refractivity contribution < 1.29 is 9.53 Å². The highest BCUT2D eigenvalue weighted by Crippen LogP contribution is 2.25. The molecule has 136 valence electrons. The molecule has 2 N–H and O–H groups in total. The van der Waals surface area contributed by atoms with Gasteiger partial charge in [0.05, 0.1) is 0 Å². The third-order valence-electron chi connectivity index (χ3n) is 4.77. The molecule has 1 fully saturated rings. The number of nitrogens with zero attached hydrogens (tertiary/aromatic N) is 1. The van der Waals surface area contributed by atoms with Crippen molar-refractivity contribution in [3.05, 3.63) is 30.0 Å². The monoisotopic (exact) mass is 343 g/mol. The van der Waals surface area contributed by atoms with Crippen molar-refractivity contribution in [1.29, 1.82) is 0 Å². The average Bonchev–Trinajstić information content (AvgIpc) is 2.98. The molecule has 2 heterocycles. The average molecular weight is 343 g/mol. The summed E-state index contributed by atoms with van der Waals surface area (Å²) < 4.78 is 6.18. The summed E-state index contributed by atoms with van der Waals surface area (Å²) >= 11 is 0. The molecule has 1 aromatic carbocycles. The van der Waals surface area contributed by atoms with Crippen LogP contribution >= 0.6 is 0 Å². The Morgan fingerprint density at radius 2 is 1.92 bits per heavy atom. The van der Waals surface area contributed by atoms with Gasteiger partial charge in [-0.1, -0.05) is 0 Å². The second-order valence-corrected chi connectivity index (χ2v) is 7.51. The first kappa shape index (κ1) is 17.8. The molecule has 0 atom stereocenters. The molecular weight excluding hydrogens is 314 g/mol. The van der Waals surface area contributed by atoms with Crippen LogP contribution in [0.5, 0.6) is 5.75 Å². The lowest BCUT2D eigenvalue weighted by Crippen LogP contribution is -2.41. The number of hydrogen-bond acceptors (Lipinski definition) is 3. The lowest BCUT2D eigenvalue weighted by Gasteiger charge is -2.34. The number of aromatic nitrogens is 1. The lowest BCUT2D eigenvalue weighted by molar-refractivity contribution is 0.0844. The van der Waals surface area contributed by atoms with E-state index in [-0.39, 0.29) is 18.1 Å². The maximum atomic E-state index is 12.1. The van der Waals surface area contributed by atoms with Gasteiger partial charge in [0.2, 0.25) is 0 Å². The molecule has 1 aromatic heterocycles. The lowest BCUT2D eigenvalue weighted by atomic mass is 10.1. The smallest absolute Gasteiger partial charge is 0.267 e. The quantitative estimate of drug-likeness (QED) is 0.873. The molecule has 1 aliphatic heterocycles. The Kier molecular flexibility index (Phi) is 5.33. The van der Waals surface area contributed by atoms with Crippen molar-refractivity contribution in [1.82, 2.24) is 15.2 Å². The van der Waals surface area contributed by atoms with Gasteiger partial charge in [-0.3, -0.25) is 4.79 Å². The van der Waals surface area contributed by atoms with Crippen LogP contribution in [-0.4, -0.2) is 47.1 Å². The first-order chi connectivity index (χ1) is 11.9. The second-order valence-electron chi connectivity index (χ2n) is 7.51. The van der Waals surface area contributed by atoms with Crippen molar-refractivity contribution in [2.45, 2.75) is 58.7 Å². The number of hydrogen-bond donors (Lipinski definition) is 2.